The van der Waals surface area contributed by atoms with Crippen molar-refractivity contribution in [3.63, 3.8) is 0 Å². The van der Waals surface area contributed by atoms with E-state index < -0.39 is 0 Å². The van der Waals surface area contributed by atoms with Crippen LogP contribution >= 0.6 is 11.8 Å². The second-order valence-electron chi connectivity index (χ2n) is 2.71. The van der Waals surface area contributed by atoms with Crippen molar-refractivity contribution in [2.45, 2.75) is 25.9 Å². The molecule has 0 aromatic carbocycles. The Labute approximate surface area is 64.0 Å². The minimum atomic E-state index is -0.209. The summed E-state index contributed by atoms with van der Waals surface area (Å²) in [6, 6.07) is 0. The van der Waals surface area contributed by atoms with Crippen LogP contribution < -0.4 is 0 Å². The maximum atomic E-state index is 8.27. The van der Waals surface area contributed by atoms with E-state index in [2.05, 4.69) is 5.16 Å². The number of rotatable bonds is 0. The van der Waals surface area contributed by atoms with Crippen LogP contribution in [0.4, 0.5) is 0 Å². The maximum absolute atomic E-state index is 8.27. The average molecular weight is 156 g/mol. The molecule has 4 heteroatoms. The van der Waals surface area contributed by atoms with E-state index in [4.69, 9.17) is 10.1 Å². The molecule has 1 heterocycles. The van der Waals surface area contributed by atoms with Crippen molar-refractivity contribution in [1.82, 2.24) is 0 Å². The zero-order valence-corrected chi connectivity index (χ0v) is 6.73. The quantitative estimate of drug-likeness (QED) is 0.501. The van der Waals surface area contributed by atoms with Gasteiger partial charge < -0.3 is 4.84 Å². The minimum absolute atomic E-state index is 0.209. The predicted molar refractivity (Wildman–Crippen MR) is 40.4 cm³/mol. The molecule has 0 radical (unpaired) electrons. The highest BCUT2D eigenvalue weighted by molar-refractivity contribution is 8.17. The van der Waals surface area contributed by atoms with Crippen molar-refractivity contribution in [3.8, 4) is 5.40 Å². The van der Waals surface area contributed by atoms with Gasteiger partial charge in [0.1, 0.15) is 16.0 Å². The lowest BCUT2D eigenvalue weighted by Gasteiger charge is -2.12. The standard InChI is InChI=1S/C6H8N2OS/c1-6(2)3-5(8-9-6)10-4-7/h3H2,1-2H3. The van der Waals surface area contributed by atoms with Gasteiger partial charge >= 0.3 is 0 Å². The van der Waals surface area contributed by atoms with Gasteiger partial charge in [0.2, 0.25) is 0 Å². The molecule has 1 aliphatic heterocycles. The molecule has 1 rings (SSSR count). The summed E-state index contributed by atoms with van der Waals surface area (Å²) in [4.78, 5) is 5.02. The zero-order valence-electron chi connectivity index (χ0n) is 5.92. The third kappa shape index (κ3) is 1.64. The summed E-state index contributed by atoms with van der Waals surface area (Å²) in [6.07, 6.45) is 0.741. The monoisotopic (exact) mass is 156 g/mol. The largest absolute Gasteiger partial charge is 0.389 e. The number of nitrogens with zero attached hydrogens (tertiary/aromatic N) is 2. The summed E-state index contributed by atoms with van der Waals surface area (Å²) in [5.41, 5.74) is -0.209. The normalized spacial score (nSPS) is 21.1. The van der Waals surface area contributed by atoms with Crippen molar-refractivity contribution in [2.24, 2.45) is 5.16 Å². The molecule has 1 aliphatic rings. The number of thioether (sulfide) groups is 1. The molecule has 0 saturated carbocycles. The Balaban J connectivity index is 2.49. The highest BCUT2D eigenvalue weighted by atomic mass is 32.2. The Morgan fingerprint density at radius 1 is 1.80 bits per heavy atom. The molecular formula is C6H8N2OS. The van der Waals surface area contributed by atoms with Crippen LogP contribution in [0.25, 0.3) is 0 Å². The number of oxime groups is 1. The Bertz CT molecular complexity index is 204. The first-order chi connectivity index (χ1) is 4.64. The first kappa shape index (κ1) is 7.42. The Morgan fingerprint density at radius 3 is 2.90 bits per heavy atom. The van der Waals surface area contributed by atoms with Gasteiger partial charge in [-0.2, -0.15) is 5.26 Å². The van der Waals surface area contributed by atoms with Gasteiger partial charge in [0.15, 0.2) is 0 Å². The number of thiocyanates is 1. The molecule has 0 unspecified atom stereocenters. The first-order valence-corrected chi connectivity index (χ1v) is 3.77. The van der Waals surface area contributed by atoms with E-state index in [0.717, 1.165) is 23.2 Å². The molecule has 0 saturated heterocycles. The molecule has 0 amide bonds. The third-order valence-corrected chi connectivity index (χ3v) is 1.68. The highest BCUT2D eigenvalue weighted by Gasteiger charge is 2.28. The van der Waals surface area contributed by atoms with E-state index in [9.17, 15) is 0 Å². The topological polar surface area (TPSA) is 45.4 Å². The van der Waals surface area contributed by atoms with E-state index in [1.807, 2.05) is 19.2 Å². The van der Waals surface area contributed by atoms with Gasteiger partial charge in [0.05, 0.1) is 0 Å². The van der Waals surface area contributed by atoms with Crippen molar-refractivity contribution in [3.05, 3.63) is 0 Å². The maximum Gasteiger partial charge on any atom is 0.139 e. The average Bonchev–Trinajstić information content (AvgIpc) is 2.12. The minimum Gasteiger partial charge on any atom is -0.389 e. The van der Waals surface area contributed by atoms with E-state index in [0.29, 0.717) is 0 Å². The molecule has 0 aromatic heterocycles. The van der Waals surface area contributed by atoms with Gasteiger partial charge in [-0.25, -0.2) is 0 Å². The predicted octanol–water partition coefficient (Wildman–Crippen LogP) is 1.71. The van der Waals surface area contributed by atoms with Crippen LogP contribution in [-0.4, -0.2) is 10.6 Å². The number of hydrogen-bond acceptors (Lipinski definition) is 4. The summed E-state index contributed by atoms with van der Waals surface area (Å²) < 4.78 is 0. The Hall–Kier alpha value is -0.690. The molecule has 3 nitrogen and oxygen atoms in total. The number of hydrogen-bond donors (Lipinski definition) is 0. The van der Waals surface area contributed by atoms with E-state index >= 15 is 0 Å². The fraction of sp³-hybridized carbons (Fsp3) is 0.667. The van der Waals surface area contributed by atoms with Crippen molar-refractivity contribution < 1.29 is 4.84 Å². The molecule has 0 spiro atoms. The first-order valence-electron chi connectivity index (χ1n) is 2.95. The van der Waals surface area contributed by atoms with Gasteiger partial charge in [-0.15, -0.1) is 0 Å². The van der Waals surface area contributed by atoms with Crippen molar-refractivity contribution >= 4 is 16.8 Å². The summed E-state index contributed by atoms with van der Waals surface area (Å²) in [7, 11) is 0. The molecule has 0 N–H and O–H groups in total. The van der Waals surface area contributed by atoms with Crippen LogP contribution in [0.5, 0.6) is 0 Å². The molecule has 10 heavy (non-hydrogen) atoms. The van der Waals surface area contributed by atoms with Gasteiger partial charge in [-0.05, 0) is 13.8 Å². The van der Waals surface area contributed by atoms with Crippen LogP contribution in [-0.2, 0) is 4.84 Å². The Morgan fingerprint density at radius 2 is 2.50 bits per heavy atom. The van der Waals surface area contributed by atoms with Gasteiger partial charge in [-0.1, -0.05) is 5.16 Å². The van der Waals surface area contributed by atoms with Crippen LogP contribution in [0.3, 0.4) is 0 Å². The van der Waals surface area contributed by atoms with Crippen LogP contribution in [0.2, 0.25) is 0 Å². The number of nitriles is 1. The second-order valence-corrected chi connectivity index (χ2v) is 3.56. The van der Waals surface area contributed by atoms with Gasteiger partial charge in [0, 0.05) is 18.2 Å². The summed E-state index contributed by atoms with van der Waals surface area (Å²) in [5.74, 6) is 0. The molecule has 0 atom stereocenters. The lowest BCUT2D eigenvalue weighted by molar-refractivity contribution is 0.0123. The highest BCUT2D eigenvalue weighted by Crippen LogP contribution is 2.26. The summed E-state index contributed by atoms with van der Waals surface area (Å²) in [5, 5.41) is 14.7. The molecule has 0 aliphatic carbocycles. The van der Waals surface area contributed by atoms with Crippen molar-refractivity contribution in [1.29, 1.82) is 5.26 Å². The van der Waals surface area contributed by atoms with Crippen LogP contribution in [0.1, 0.15) is 20.3 Å². The van der Waals surface area contributed by atoms with Crippen LogP contribution in [0.15, 0.2) is 5.16 Å². The SMILES string of the molecule is CC1(C)CC(SC#N)=NO1. The summed E-state index contributed by atoms with van der Waals surface area (Å²) in [6.45, 7) is 3.89. The molecule has 0 fully saturated rings. The molecule has 0 bridgehead atoms. The second kappa shape index (κ2) is 2.51. The van der Waals surface area contributed by atoms with E-state index in [-0.39, 0.29) is 5.60 Å². The smallest absolute Gasteiger partial charge is 0.139 e. The molecule has 0 aromatic rings. The fourth-order valence-corrected chi connectivity index (χ4v) is 1.31. The molecular weight excluding hydrogens is 148 g/mol. The zero-order chi connectivity index (χ0) is 7.61. The lowest BCUT2D eigenvalue weighted by Crippen LogP contribution is -2.17. The third-order valence-electron chi connectivity index (χ3n) is 1.13. The van der Waals surface area contributed by atoms with Crippen LogP contribution in [0, 0.1) is 10.7 Å². The van der Waals surface area contributed by atoms with Gasteiger partial charge in [-0.3, -0.25) is 0 Å². The lowest BCUT2D eigenvalue weighted by atomic mass is 10.1. The Kier molecular flexibility index (Phi) is 1.86. The molecule has 54 valence electrons. The summed E-state index contributed by atoms with van der Waals surface area (Å²) >= 11 is 1.07. The van der Waals surface area contributed by atoms with Crippen molar-refractivity contribution in [2.75, 3.05) is 0 Å². The van der Waals surface area contributed by atoms with E-state index in [1.165, 1.54) is 0 Å². The van der Waals surface area contributed by atoms with E-state index in [1.54, 1.807) is 0 Å². The van der Waals surface area contributed by atoms with Gasteiger partial charge in [0.25, 0.3) is 0 Å². The fourth-order valence-electron chi connectivity index (χ4n) is 0.711.